The Balaban J connectivity index is 0.00000242. The largest absolute Gasteiger partial charge is 0.353 e. The smallest absolute Gasteiger partial charge is 0.240 e. The number of carbonyl (C=O) groups is 1. The van der Waals surface area contributed by atoms with Gasteiger partial charge in [-0.1, -0.05) is 24.3 Å². The quantitative estimate of drug-likeness (QED) is 0.860. The van der Waals surface area contributed by atoms with Gasteiger partial charge in [-0.05, 0) is 37.9 Å². The Labute approximate surface area is 138 Å². The zero-order chi connectivity index (χ0) is 15.7. The summed E-state index contributed by atoms with van der Waals surface area (Å²) in [5.74, 6) is -0.463. The Hall–Kier alpha value is -1.11. The van der Waals surface area contributed by atoms with Gasteiger partial charge >= 0.3 is 0 Å². The third-order valence-corrected chi connectivity index (χ3v) is 6.20. The highest BCUT2D eigenvalue weighted by Gasteiger charge is 2.38. The van der Waals surface area contributed by atoms with E-state index in [0.717, 1.165) is 19.2 Å². The minimum atomic E-state index is -3.45. The van der Waals surface area contributed by atoms with E-state index in [4.69, 9.17) is 0 Å². The molecule has 0 aliphatic carbocycles. The van der Waals surface area contributed by atoms with Crippen molar-refractivity contribution in [2.75, 3.05) is 19.3 Å². The fourth-order valence-corrected chi connectivity index (χ4v) is 2.76. The van der Waals surface area contributed by atoms with Crippen molar-refractivity contribution in [1.82, 2.24) is 10.6 Å². The maximum Gasteiger partial charge on any atom is 0.240 e. The van der Waals surface area contributed by atoms with Gasteiger partial charge in [0.2, 0.25) is 5.91 Å². The van der Waals surface area contributed by atoms with Crippen LogP contribution in [0.15, 0.2) is 24.3 Å². The van der Waals surface area contributed by atoms with Crippen LogP contribution in [-0.2, 0) is 21.1 Å². The van der Waals surface area contributed by atoms with Gasteiger partial charge in [0.1, 0.15) is 4.75 Å². The Kier molecular flexibility index (Phi) is 6.01. The Morgan fingerprint density at radius 1 is 1.36 bits per heavy atom. The van der Waals surface area contributed by atoms with E-state index in [2.05, 4.69) is 16.7 Å². The van der Waals surface area contributed by atoms with Crippen molar-refractivity contribution < 1.29 is 13.2 Å². The van der Waals surface area contributed by atoms with Crippen LogP contribution in [0.4, 0.5) is 0 Å². The molecule has 1 aliphatic rings. The summed E-state index contributed by atoms with van der Waals surface area (Å²) in [5.41, 5.74) is 2.44. The summed E-state index contributed by atoms with van der Waals surface area (Å²) >= 11 is 0. The second-order valence-corrected chi connectivity index (χ2v) is 8.51. The topological polar surface area (TPSA) is 75.3 Å². The maximum atomic E-state index is 12.1. The zero-order valence-electron chi connectivity index (χ0n) is 13.0. The van der Waals surface area contributed by atoms with Crippen LogP contribution < -0.4 is 10.6 Å². The molecule has 7 heteroatoms. The molecule has 1 amide bonds. The molecular formula is C15H23ClN2O3S. The molecule has 1 aromatic rings. The van der Waals surface area contributed by atoms with Gasteiger partial charge in [-0.2, -0.15) is 0 Å². The minimum Gasteiger partial charge on any atom is -0.353 e. The number of halogens is 1. The number of benzene rings is 1. The summed E-state index contributed by atoms with van der Waals surface area (Å²) in [7, 11) is -3.45. The lowest BCUT2D eigenvalue weighted by Gasteiger charge is -2.29. The lowest BCUT2D eigenvalue weighted by atomic mass is 9.94. The first kappa shape index (κ1) is 18.9. The van der Waals surface area contributed by atoms with Gasteiger partial charge in [-0.25, -0.2) is 8.42 Å². The average molecular weight is 347 g/mol. The molecule has 5 nitrogen and oxygen atoms in total. The van der Waals surface area contributed by atoms with Crippen molar-refractivity contribution in [3.05, 3.63) is 35.4 Å². The van der Waals surface area contributed by atoms with Gasteiger partial charge in [0, 0.05) is 18.8 Å². The van der Waals surface area contributed by atoms with Gasteiger partial charge in [-0.15, -0.1) is 12.4 Å². The van der Waals surface area contributed by atoms with Gasteiger partial charge in [-0.3, -0.25) is 4.79 Å². The molecule has 0 aromatic heterocycles. The fourth-order valence-electron chi connectivity index (χ4n) is 2.35. The van der Waals surface area contributed by atoms with Crippen LogP contribution in [0.2, 0.25) is 0 Å². The molecule has 2 rings (SSSR count). The molecule has 0 radical (unpaired) electrons. The Bertz CT molecular complexity index is 644. The molecule has 22 heavy (non-hydrogen) atoms. The van der Waals surface area contributed by atoms with E-state index in [1.165, 1.54) is 25.0 Å². The van der Waals surface area contributed by atoms with E-state index in [-0.39, 0.29) is 18.4 Å². The number of amides is 1. The molecule has 1 aromatic carbocycles. The lowest BCUT2D eigenvalue weighted by Crippen LogP contribution is -2.50. The molecule has 0 spiro atoms. The van der Waals surface area contributed by atoms with Crippen LogP contribution in [-0.4, -0.2) is 38.4 Å². The number of carbonyl (C=O) groups excluding carboxylic acids is 1. The number of hydrogen-bond donors (Lipinski definition) is 2. The third kappa shape index (κ3) is 3.80. The monoisotopic (exact) mass is 346 g/mol. The van der Waals surface area contributed by atoms with Gasteiger partial charge in [0.05, 0.1) is 0 Å². The van der Waals surface area contributed by atoms with Gasteiger partial charge in [0.25, 0.3) is 0 Å². The van der Waals surface area contributed by atoms with Crippen molar-refractivity contribution in [3.63, 3.8) is 0 Å². The van der Waals surface area contributed by atoms with E-state index in [0.29, 0.717) is 6.54 Å². The zero-order valence-corrected chi connectivity index (χ0v) is 14.7. The Morgan fingerprint density at radius 2 is 2.00 bits per heavy atom. The van der Waals surface area contributed by atoms with E-state index >= 15 is 0 Å². The summed E-state index contributed by atoms with van der Waals surface area (Å²) in [4.78, 5) is 12.1. The van der Waals surface area contributed by atoms with Crippen LogP contribution in [0.5, 0.6) is 0 Å². The second kappa shape index (κ2) is 6.98. The van der Waals surface area contributed by atoms with Crippen molar-refractivity contribution in [2.45, 2.75) is 31.1 Å². The van der Waals surface area contributed by atoms with E-state index in [9.17, 15) is 13.2 Å². The molecule has 0 saturated carbocycles. The molecule has 2 N–H and O–H groups in total. The van der Waals surface area contributed by atoms with Crippen LogP contribution >= 0.6 is 12.4 Å². The van der Waals surface area contributed by atoms with Crippen molar-refractivity contribution in [1.29, 1.82) is 0 Å². The first-order valence-corrected chi connectivity index (χ1v) is 8.91. The standard InChI is InChI=1S/C15H22N2O3S.ClH/c1-15(2,21(3,19)20)14(18)17-10-13-12-7-5-4-6-11(12)8-9-16-13;/h4-7,13,16H,8-10H2,1-3H3,(H,17,18);1H. The van der Waals surface area contributed by atoms with Crippen LogP contribution in [0.25, 0.3) is 0 Å². The molecule has 0 bridgehead atoms. The minimum absolute atomic E-state index is 0. The third-order valence-electron chi connectivity index (χ3n) is 4.16. The first-order valence-electron chi connectivity index (χ1n) is 7.02. The van der Waals surface area contributed by atoms with Crippen molar-refractivity contribution >= 4 is 28.2 Å². The highest BCUT2D eigenvalue weighted by molar-refractivity contribution is 7.92. The predicted octanol–water partition coefficient (Wildman–Crippen LogP) is 1.23. The molecule has 124 valence electrons. The number of rotatable bonds is 4. The van der Waals surface area contributed by atoms with Crippen LogP contribution in [0.1, 0.15) is 31.0 Å². The van der Waals surface area contributed by atoms with E-state index < -0.39 is 20.5 Å². The number of hydrogen-bond acceptors (Lipinski definition) is 4. The molecule has 0 fully saturated rings. The summed E-state index contributed by atoms with van der Waals surface area (Å²) < 4.78 is 21.9. The predicted molar refractivity (Wildman–Crippen MR) is 90.1 cm³/mol. The van der Waals surface area contributed by atoms with Gasteiger partial charge in [0.15, 0.2) is 9.84 Å². The number of sulfone groups is 1. The van der Waals surface area contributed by atoms with E-state index in [1.54, 1.807) is 0 Å². The molecule has 1 heterocycles. The molecular weight excluding hydrogens is 324 g/mol. The van der Waals surface area contributed by atoms with E-state index in [1.807, 2.05) is 18.2 Å². The molecule has 1 unspecified atom stereocenters. The summed E-state index contributed by atoms with van der Waals surface area (Å²) in [6.45, 7) is 4.10. The molecule has 0 saturated heterocycles. The molecule has 1 aliphatic heterocycles. The number of fused-ring (bicyclic) bond motifs is 1. The maximum absolute atomic E-state index is 12.1. The number of nitrogens with one attached hydrogen (secondary N) is 2. The van der Waals surface area contributed by atoms with Gasteiger partial charge < -0.3 is 10.6 Å². The SMILES string of the molecule is CC(C)(C(=O)NCC1NCCc2ccccc21)S(C)(=O)=O.Cl. The average Bonchev–Trinajstić information content (AvgIpc) is 2.43. The van der Waals surface area contributed by atoms with Crippen molar-refractivity contribution in [2.24, 2.45) is 0 Å². The second-order valence-electron chi connectivity index (χ2n) is 5.95. The highest BCUT2D eigenvalue weighted by atomic mass is 35.5. The summed E-state index contributed by atoms with van der Waals surface area (Å²) in [6.07, 6.45) is 2.05. The summed E-state index contributed by atoms with van der Waals surface area (Å²) in [5, 5.41) is 6.12. The summed E-state index contributed by atoms with van der Waals surface area (Å²) in [6, 6.07) is 8.13. The van der Waals surface area contributed by atoms with Crippen LogP contribution in [0, 0.1) is 0 Å². The van der Waals surface area contributed by atoms with Crippen molar-refractivity contribution in [3.8, 4) is 0 Å². The Morgan fingerprint density at radius 3 is 2.64 bits per heavy atom. The normalized spacial score (nSPS) is 18.0. The fraction of sp³-hybridized carbons (Fsp3) is 0.533. The lowest BCUT2D eigenvalue weighted by molar-refractivity contribution is -0.122. The molecule has 1 atom stereocenters. The van der Waals surface area contributed by atoms with Crippen LogP contribution in [0.3, 0.4) is 0 Å². The highest BCUT2D eigenvalue weighted by Crippen LogP contribution is 2.22. The first-order chi connectivity index (χ1) is 9.73.